The number of hydrogen-bond donors (Lipinski definition) is 0. The van der Waals surface area contributed by atoms with Crippen LogP contribution in [0.3, 0.4) is 0 Å². The first-order valence-corrected chi connectivity index (χ1v) is 7.03. The molecular weight excluding hydrogens is 260 g/mol. The Morgan fingerprint density at radius 3 is 3.16 bits per heavy atom. The number of benzene rings is 1. The Kier molecular flexibility index (Phi) is 3.49. The van der Waals surface area contributed by atoms with Gasteiger partial charge in [-0.1, -0.05) is 23.4 Å². The molecule has 0 spiro atoms. The molecule has 19 heavy (non-hydrogen) atoms. The van der Waals surface area contributed by atoms with Crippen molar-refractivity contribution in [2.75, 3.05) is 12.4 Å². The van der Waals surface area contributed by atoms with E-state index in [0.29, 0.717) is 12.1 Å². The SMILES string of the molecule is N#Cc1ccccc1Cn1cc([C@H]2OCCS2)nn1. The molecule has 3 rings (SSSR count). The molecule has 6 heteroatoms. The third-order valence-corrected chi connectivity index (χ3v) is 3.97. The smallest absolute Gasteiger partial charge is 0.148 e. The molecule has 5 nitrogen and oxygen atoms in total. The second-order valence-electron chi connectivity index (χ2n) is 4.18. The van der Waals surface area contributed by atoms with E-state index in [1.54, 1.807) is 16.4 Å². The molecular formula is C13H12N4OS. The first-order valence-electron chi connectivity index (χ1n) is 5.98. The van der Waals surface area contributed by atoms with Gasteiger partial charge in [-0.25, -0.2) is 4.68 Å². The van der Waals surface area contributed by atoms with E-state index in [4.69, 9.17) is 10.00 Å². The summed E-state index contributed by atoms with van der Waals surface area (Å²) in [6.45, 7) is 1.31. The van der Waals surface area contributed by atoms with Crippen LogP contribution in [0, 0.1) is 11.3 Å². The van der Waals surface area contributed by atoms with E-state index in [0.717, 1.165) is 23.6 Å². The van der Waals surface area contributed by atoms with Crippen LogP contribution in [-0.4, -0.2) is 27.4 Å². The summed E-state index contributed by atoms with van der Waals surface area (Å²) in [5, 5.41) is 17.3. The number of ether oxygens (including phenoxy) is 1. The van der Waals surface area contributed by atoms with Gasteiger partial charge in [-0.15, -0.1) is 16.9 Å². The van der Waals surface area contributed by atoms with Gasteiger partial charge in [0.05, 0.1) is 31.0 Å². The molecule has 0 N–H and O–H groups in total. The van der Waals surface area contributed by atoms with Crippen molar-refractivity contribution < 1.29 is 4.74 Å². The van der Waals surface area contributed by atoms with Gasteiger partial charge >= 0.3 is 0 Å². The summed E-state index contributed by atoms with van der Waals surface area (Å²) >= 11 is 1.73. The molecule has 0 radical (unpaired) electrons. The Hall–Kier alpha value is -1.84. The lowest BCUT2D eigenvalue weighted by atomic mass is 10.1. The monoisotopic (exact) mass is 272 g/mol. The van der Waals surface area contributed by atoms with Crippen LogP contribution in [0.4, 0.5) is 0 Å². The minimum atomic E-state index is -0.0000365. The summed E-state index contributed by atoms with van der Waals surface area (Å²) in [5.41, 5.74) is 2.46. The largest absolute Gasteiger partial charge is 0.360 e. The van der Waals surface area contributed by atoms with E-state index in [9.17, 15) is 0 Å². The van der Waals surface area contributed by atoms with Crippen LogP contribution < -0.4 is 0 Å². The Morgan fingerprint density at radius 2 is 2.37 bits per heavy atom. The predicted octanol–water partition coefficient (Wildman–Crippen LogP) is 1.96. The average molecular weight is 272 g/mol. The second-order valence-corrected chi connectivity index (χ2v) is 5.35. The normalized spacial score (nSPS) is 18.4. The molecule has 0 aliphatic carbocycles. The van der Waals surface area contributed by atoms with Crippen molar-refractivity contribution in [3.8, 4) is 6.07 Å². The van der Waals surface area contributed by atoms with Gasteiger partial charge in [0.1, 0.15) is 11.1 Å². The van der Waals surface area contributed by atoms with Crippen molar-refractivity contribution in [3.63, 3.8) is 0 Å². The number of rotatable bonds is 3. The highest BCUT2D eigenvalue weighted by Crippen LogP contribution is 2.33. The fourth-order valence-electron chi connectivity index (χ4n) is 1.97. The topological polar surface area (TPSA) is 63.7 Å². The van der Waals surface area contributed by atoms with Crippen molar-refractivity contribution in [2.45, 2.75) is 12.0 Å². The first kappa shape index (κ1) is 12.2. The van der Waals surface area contributed by atoms with Crippen molar-refractivity contribution >= 4 is 11.8 Å². The maximum absolute atomic E-state index is 9.06. The fraction of sp³-hybridized carbons (Fsp3) is 0.308. The maximum Gasteiger partial charge on any atom is 0.148 e. The fourth-order valence-corrected chi connectivity index (χ4v) is 2.85. The molecule has 1 saturated heterocycles. The number of hydrogen-bond acceptors (Lipinski definition) is 5. The average Bonchev–Trinajstić information content (AvgIpc) is 3.09. The maximum atomic E-state index is 9.06. The van der Waals surface area contributed by atoms with Gasteiger partial charge < -0.3 is 4.74 Å². The van der Waals surface area contributed by atoms with E-state index < -0.39 is 0 Å². The standard InChI is InChI=1S/C13H12N4OS/c14-7-10-3-1-2-4-11(10)8-17-9-12(15-16-17)13-18-5-6-19-13/h1-4,9,13H,5-6,8H2/t13-/m0/s1. The highest BCUT2D eigenvalue weighted by molar-refractivity contribution is 7.99. The van der Waals surface area contributed by atoms with Crippen LogP contribution in [-0.2, 0) is 11.3 Å². The van der Waals surface area contributed by atoms with Crippen LogP contribution in [0.25, 0.3) is 0 Å². The van der Waals surface area contributed by atoms with Gasteiger partial charge in [0, 0.05) is 5.75 Å². The molecule has 1 fully saturated rings. The molecule has 1 aliphatic heterocycles. The number of nitriles is 1. The highest BCUT2D eigenvalue weighted by Gasteiger charge is 2.21. The number of thioether (sulfide) groups is 1. The molecule has 0 unspecified atom stereocenters. The van der Waals surface area contributed by atoms with Crippen molar-refractivity contribution in [1.29, 1.82) is 5.26 Å². The third-order valence-electron chi connectivity index (χ3n) is 2.89. The molecule has 1 aromatic carbocycles. The molecule has 96 valence electrons. The predicted molar refractivity (Wildman–Crippen MR) is 71.4 cm³/mol. The summed E-state index contributed by atoms with van der Waals surface area (Å²) in [4.78, 5) is 0. The molecule has 0 bridgehead atoms. The summed E-state index contributed by atoms with van der Waals surface area (Å²) in [5.74, 6) is 0.995. The zero-order chi connectivity index (χ0) is 13.1. The molecule has 2 heterocycles. The lowest BCUT2D eigenvalue weighted by Crippen LogP contribution is -2.02. The van der Waals surface area contributed by atoms with Gasteiger partial charge in [0.15, 0.2) is 0 Å². The third kappa shape index (κ3) is 2.62. The Bertz CT molecular complexity index is 613. The molecule has 0 amide bonds. The van der Waals surface area contributed by atoms with E-state index in [2.05, 4.69) is 16.4 Å². The quantitative estimate of drug-likeness (QED) is 0.854. The van der Waals surface area contributed by atoms with Crippen molar-refractivity contribution in [3.05, 3.63) is 47.3 Å². The summed E-state index contributed by atoms with van der Waals surface area (Å²) in [6.07, 6.45) is 1.89. The summed E-state index contributed by atoms with van der Waals surface area (Å²) in [7, 11) is 0. The van der Waals surface area contributed by atoms with Crippen LogP contribution in [0.1, 0.15) is 22.3 Å². The van der Waals surface area contributed by atoms with Crippen LogP contribution in [0.15, 0.2) is 30.5 Å². The lowest BCUT2D eigenvalue weighted by Gasteiger charge is -2.04. The number of aromatic nitrogens is 3. The van der Waals surface area contributed by atoms with Crippen LogP contribution >= 0.6 is 11.8 Å². The van der Waals surface area contributed by atoms with Gasteiger partial charge in [-0.3, -0.25) is 0 Å². The molecule has 1 aromatic heterocycles. The molecule has 1 aliphatic rings. The van der Waals surface area contributed by atoms with E-state index in [1.165, 1.54) is 0 Å². The minimum absolute atomic E-state index is 0.0000365. The van der Waals surface area contributed by atoms with E-state index in [1.807, 2.05) is 30.5 Å². The van der Waals surface area contributed by atoms with E-state index >= 15 is 0 Å². The van der Waals surface area contributed by atoms with Crippen molar-refractivity contribution in [2.24, 2.45) is 0 Å². The van der Waals surface area contributed by atoms with Crippen LogP contribution in [0.2, 0.25) is 0 Å². The first-order chi connectivity index (χ1) is 9.36. The minimum Gasteiger partial charge on any atom is -0.360 e. The highest BCUT2D eigenvalue weighted by atomic mass is 32.2. The zero-order valence-corrected chi connectivity index (χ0v) is 11.0. The Balaban J connectivity index is 1.78. The van der Waals surface area contributed by atoms with Crippen molar-refractivity contribution in [1.82, 2.24) is 15.0 Å². The van der Waals surface area contributed by atoms with Gasteiger partial charge in [-0.05, 0) is 11.6 Å². The summed E-state index contributed by atoms with van der Waals surface area (Å²) < 4.78 is 7.29. The van der Waals surface area contributed by atoms with Gasteiger partial charge in [0.25, 0.3) is 0 Å². The number of nitrogens with zero attached hydrogens (tertiary/aromatic N) is 4. The second kappa shape index (κ2) is 5.43. The van der Waals surface area contributed by atoms with Gasteiger partial charge in [0.2, 0.25) is 0 Å². The zero-order valence-electron chi connectivity index (χ0n) is 10.2. The molecule has 0 saturated carbocycles. The summed E-state index contributed by atoms with van der Waals surface area (Å²) in [6, 6.07) is 9.71. The lowest BCUT2D eigenvalue weighted by molar-refractivity contribution is 0.142. The van der Waals surface area contributed by atoms with E-state index in [-0.39, 0.29) is 5.44 Å². The molecule has 2 aromatic rings. The Labute approximate surface area is 115 Å². The van der Waals surface area contributed by atoms with Crippen LogP contribution in [0.5, 0.6) is 0 Å². The van der Waals surface area contributed by atoms with Gasteiger partial charge in [-0.2, -0.15) is 5.26 Å². The Morgan fingerprint density at radius 1 is 1.47 bits per heavy atom. The molecule has 1 atom stereocenters.